The van der Waals surface area contributed by atoms with Crippen LogP contribution in [0.2, 0.25) is 0 Å². The molecule has 0 aliphatic heterocycles. The fraction of sp³-hybridized carbons (Fsp3) is 0.462. The smallest absolute Gasteiger partial charge is 0.271 e. The van der Waals surface area contributed by atoms with E-state index in [0.29, 0.717) is 24.3 Å². The van der Waals surface area contributed by atoms with Crippen molar-refractivity contribution in [2.24, 2.45) is 7.05 Å². The molecule has 2 heterocycles. The second kappa shape index (κ2) is 5.77. The highest BCUT2D eigenvalue weighted by atomic mass is 16.2. The summed E-state index contributed by atoms with van der Waals surface area (Å²) in [5.74, 6) is -0.211. The number of rotatable bonds is 5. The van der Waals surface area contributed by atoms with E-state index < -0.39 is 0 Å². The SMILES string of the molecule is CCc1nn(C)c(C(=O)NC(C)Cn2cccn2)c1N. The van der Waals surface area contributed by atoms with Crippen molar-refractivity contribution in [1.82, 2.24) is 24.9 Å². The summed E-state index contributed by atoms with van der Waals surface area (Å²) >= 11 is 0. The van der Waals surface area contributed by atoms with Gasteiger partial charge in [0.15, 0.2) is 0 Å². The van der Waals surface area contributed by atoms with Crippen LogP contribution in [-0.4, -0.2) is 31.5 Å². The Labute approximate surface area is 117 Å². The standard InChI is InChI=1S/C13H20N6O/c1-4-10-11(14)12(18(3)17-10)13(20)16-9(2)8-19-7-5-6-15-19/h5-7,9H,4,8,14H2,1-3H3,(H,16,20). The van der Waals surface area contributed by atoms with Gasteiger partial charge < -0.3 is 11.1 Å². The average Bonchev–Trinajstić information content (AvgIpc) is 2.97. The molecule has 0 fully saturated rings. The number of nitrogens with two attached hydrogens (primary N) is 1. The van der Waals surface area contributed by atoms with Crippen molar-refractivity contribution in [3.63, 3.8) is 0 Å². The zero-order valence-electron chi connectivity index (χ0n) is 12.0. The van der Waals surface area contributed by atoms with Gasteiger partial charge in [-0.05, 0) is 19.4 Å². The summed E-state index contributed by atoms with van der Waals surface area (Å²) in [5.41, 5.74) is 7.58. The number of nitrogen functional groups attached to an aromatic ring is 1. The maximum absolute atomic E-state index is 12.3. The molecule has 20 heavy (non-hydrogen) atoms. The lowest BCUT2D eigenvalue weighted by atomic mass is 10.2. The van der Waals surface area contributed by atoms with Crippen LogP contribution in [-0.2, 0) is 20.0 Å². The minimum atomic E-state index is -0.211. The molecule has 0 saturated carbocycles. The van der Waals surface area contributed by atoms with Gasteiger partial charge in [0.05, 0.1) is 17.9 Å². The summed E-state index contributed by atoms with van der Waals surface area (Å²) < 4.78 is 3.30. The third-order valence-corrected chi connectivity index (χ3v) is 3.11. The Bertz CT molecular complexity index is 586. The van der Waals surface area contributed by atoms with Gasteiger partial charge in [-0.1, -0.05) is 6.92 Å². The molecule has 0 saturated heterocycles. The number of carbonyl (C=O) groups is 1. The molecule has 3 N–H and O–H groups in total. The molecule has 1 amide bonds. The van der Waals surface area contributed by atoms with Crippen LogP contribution in [0.25, 0.3) is 0 Å². The van der Waals surface area contributed by atoms with E-state index in [4.69, 9.17) is 5.73 Å². The van der Waals surface area contributed by atoms with Crippen LogP contribution in [0.5, 0.6) is 0 Å². The quantitative estimate of drug-likeness (QED) is 0.835. The molecule has 0 spiro atoms. The van der Waals surface area contributed by atoms with E-state index in [1.807, 2.05) is 26.1 Å². The second-order valence-corrected chi connectivity index (χ2v) is 4.79. The van der Waals surface area contributed by atoms with Crippen molar-refractivity contribution in [2.75, 3.05) is 5.73 Å². The molecule has 1 unspecified atom stereocenters. The molecule has 2 rings (SSSR count). The van der Waals surface area contributed by atoms with E-state index in [9.17, 15) is 4.79 Å². The zero-order chi connectivity index (χ0) is 14.7. The first-order valence-electron chi connectivity index (χ1n) is 6.62. The molecule has 0 bridgehead atoms. The first kappa shape index (κ1) is 14.1. The Hall–Kier alpha value is -2.31. The van der Waals surface area contributed by atoms with Crippen LogP contribution < -0.4 is 11.1 Å². The summed E-state index contributed by atoms with van der Waals surface area (Å²) in [5, 5.41) is 11.3. The van der Waals surface area contributed by atoms with Gasteiger partial charge in [0, 0.05) is 25.5 Å². The summed E-state index contributed by atoms with van der Waals surface area (Å²) in [7, 11) is 1.72. The fourth-order valence-corrected chi connectivity index (χ4v) is 2.15. The number of hydrogen-bond acceptors (Lipinski definition) is 4. The minimum absolute atomic E-state index is 0.0539. The highest BCUT2D eigenvalue weighted by Gasteiger charge is 2.20. The molecule has 0 radical (unpaired) electrons. The maximum atomic E-state index is 12.3. The summed E-state index contributed by atoms with van der Waals surface area (Å²) in [4.78, 5) is 12.3. The Morgan fingerprint density at radius 3 is 2.85 bits per heavy atom. The van der Waals surface area contributed by atoms with E-state index in [2.05, 4.69) is 15.5 Å². The molecule has 0 aromatic carbocycles. The second-order valence-electron chi connectivity index (χ2n) is 4.79. The van der Waals surface area contributed by atoms with E-state index in [0.717, 1.165) is 5.69 Å². The number of hydrogen-bond donors (Lipinski definition) is 2. The maximum Gasteiger partial charge on any atom is 0.271 e. The number of nitrogens with zero attached hydrogens (tertiary/aromatic N) is 4. The largest absolute Gasteiger partial charge is 0.395 e. The van der Waals surface area contributed by atoms with Crippen LogP contribution in [0.4, 0.5) is 5.69 Å². The van der Waals surface area contributed by atoms with Gasteiger partial charge in [-0.2, -0.15) is 10.2 Å². The summed E-state index contributed by atoms with van der Waals surface area (Å²) in [6.45, 7) is 4.49. The van der Waals surface area contributed by atoms with E-state index >= 15 is 0 Å². The van der Waals surface area contributed by atoms with Crippen LogP contribution in [0, 0.1) is 0 Å². The Kier molecular flexibility index (Phi) is 4.07. The topological polar surface area (TPSA) is 90.8 Å². The highest BCUT2D eigenvalue weighted by Crippen LogP contribution is 2.16. The molecule has 7 heteroatoms. The number of nitrogens with one attached hydrogen (secondary N) is 1. The van der Waals surface area contributed by atoms with Gasteiger partial charge in [-0.25, -0.2) is 0 Å². The van der Waals surface area contributed by atoms with Crippen molar-refractivity contribution in [3.05, 3.63) is 29.8 Å². The third-order valence-electron chi connectivity index (χ3n) is 3.11. The van der Waals surface area contributed by atoms with Gasteiger partial charge >= 0.3 is 0 Å². The fourth-order valence-electron chi connectivity index (χ4n) is 2.15. The predicted molar refractivity (Wildman–Crippen MR) is 76.2 cm³/mol. The van der Waals surface area contributed by atoms with Gasteiger partial charge in [-0.15, -0.1) is 0 Å². The van der Waals surface area contributed by atoms with Crippen molar-refractivity contribution < 1.29 is 4.79 Å². The van der Waals surface area contributed by atoms with Crippen LogP contribution in [0.15, 0.2) is 18.5 Å². The van der Waals surface area contributed by atoms with Crippen molar-refractivity contribution >= 4 is 11.6 Å². The number of amides is 1. The molecule has 7 nitrogen and oxygen atoms in total. The van der Waals surface area contributed by atoms with Crippen LogP contribution in [0.3, 0.4) is 0 Å². The lowest BCUT2D eigenvalue weighted by molar-refractivity contribution is 0.0927. The summed E-state index contributed by atoms with van der Waals surface area (Å²) in [6, 6.07) is 1.79. The number of aryl methyl sites for hydroxylation is 2. The van der Waals surface area contributed by atoms with E-state index in [1.165, 1.54) is 4.68 Å². The van der Waals surface area contributed by atoms with Crippen LogP contribution >= 0.6 is 0 Å². The molecule has 108 valence electrons. The van der Waals surface area contributed by atoms with Crippen LogP contribution in [0.1, 0.15) is 30.0 Å². The van der Waals surface area contributed by atoms with E-state index in [1.54, 1.807) is 17.9 Å². The number of carbonyl (C=O) groups excluding carboxylic acids is 1. The van der Waals surface area contributed by atoms with Gasteiger partial charge in [-0.3, -0.25) is 14.2 Å². The average molecular weight is 276 g/mol. The van der Waals surface area contributed by atoms with Crippen molar-refractivity contribution in [1.29, 1.82) is 0 Å². The highest BCUT2D eigenvalue weighted by molar-refractivity contribution is 5.98. The first-order chi connectivity index (χ1) is 9.52. The lowest BCUT2D eigenvalue weighted by Gasteiger charge is -2.14. The molecule has 0 aliphatic rings. The first-order valence-corrected chi connectivity index (χ1v) is 6.62. The molecule has 2 aromatic rings. The van der Waals surface area contributed by atoms with Crippen molar-refractivity contribution in [2.45, 2.75) is 32.9 Å². The van der Waals surface area contributed by atoms with Gasteiger partial charge in [0.25, 0.3) is 5.91 Å². The monoisotopic (exact) mass is 276 g/mol. The molecular formula is C13H20N6O. The molecule has 0 aliphatic carbocycles. The predicted octanol–water partition coefficient (Wildman–Crippen LogP) is 0.580. The lowest BCUT2D eigenvalue weighted by Crippen LogP contribution is -2.37. The third kappa shape index (κ3) is 2.81. The zero-order valence-corrected chi connectivity index (χ0v) is 12.0. The summed E-state index contributed by atoms with van der Waals surface area (Å²) in [6.07, 6.45) is 4.27. The Morgan fingerprint density at radius 2 is 2.30 bits per heavy atom. The molecule has 1 atom stereocenters. The van der Waals surface area contributed by atoms with Gasteiger partial charge in [0.2, 0.25) is 0 Å². The normalized spacial score (nSPS) is 12.3. The number of anilines is 1. The Morgan fingerprint density at radius 1 is 1.55 bits per heavy atom. The molecule has 2 aromatic heterocycles. The van der Waals surface area contributed by atoms with E-state index in [-0.39, 0.29) is 11.9 Å². The minimum Gasteiger partial charge on any atom is -0.395 e. The van der Waals surface area contributed by atoms with Crippen molar-refractivity contribution in [3.8, 4) is 0 Å². The molecular weight excluding hydrogens is 256 g/mol. The van der Waals surface area contributed by atoms with Gasteiger partial charge in [0.1, 0.15) is 5.69 Å². The Balaban J connectivity index is 2.06. The number of aromatic nitrogens is 4.